The van der Waals surface area contributed by atoms with Gasteiger partial charge in [-0.3, -0.25) is 4.57 Å². The highest BCUT2D eigenvalue weighted by atomic mass is 35.5. The Kier molecular flexibility index (Phi) is 5.61. The molecule has 0 aliphatic carbocycles. The minimum atomic E-state index is -0.306. The number of aromatic nitrogens is 3. The van der Waals surface area contributed by atoms with Crippen molar-refractivity contribution in [2.24, 2.45) is 0 Å². The number of thiophene rings is 1. The first-order chi connectivity index (χ1) is 12.0. The summed E-state index contributed by atoms with van der Waals surface area (Å²) in [5, 5.41) is 11.9. The average molecular weight is 394 g/mol. The minimum absolute atomic E-state index is 0.306. The number of rotatable bonds is 6. The van der Waals surface area contributed by atoms with Crippen molar-refractivity contribution in [2.45, 2.75) is 31.3 Å². The quantitative estimate of drug-likeness (QED) is 0.386. The van der Waals surface area contributed by atoms with Gasteiger partial charge < -0.3 is 0 Å². The van der Waals surface area contributed by atoms with Crippen LogP contribution in [0.4, 0.5) is 4.39 Å². The van der Waals surface area contributed by atoms with Crippen LogP contribution in [-0.4, -0.2) is 14.8 Å². The molecule has 0 spiro atoms. The number of hydrogen-bond donors (Lipinski definition) is 0. The fraction of sp³-hybridized carbons (Fsp3) is 0.222. The van der Waals surface area contributed by atoms with Crippen molar-refractivity contribution in [3.8, 4) is 11.4 Å². The molecule has 7 heteroatoms. The summed E-state index contributed by atoms with van der Waals surface area (Å²) in [7, 11) is 0. The summed E-state index contributed by atoms with van der Waals surface area (Å²) in [6, 6.07) is 4.71. The molecular formula is C18H17ClFN3S2. The monoisotopic (exact) mass is 393 g/mol. The highest BCUT2D eigenvalue weighted by Gasteiger charge is 2.18. The smallest absolute Gasteiger partial charge is 0.192 e. The van der Waals surface area contributed by atoms with Crippen LogP contribution in [0.5, 0.6) is 0 Å². The SMILES string of the molecule is C=CCn1c(SCc2c(F)cccc2Cl)nnc1-c1csc(C)c1C. The Labute approximate surface area is 159 Å². The maximum Gasteiger partial charge on any atom is 0.192 e. The molecule has 0 N–H and O–H groups in total. The van der Waals surface area contributed by atoms with Gasteiger partial charge in [-0.05, 0) is 31.5 Å². The molecule has 25 heavy (non-hydrogen) atoms. The van der Waals surface area contributed by atoms with E-state index in [0.717, 1.165) is 16.5 Å². The Morgan fingerprint density at radius 2 is 2.16 bits per heavy atom. The molecule has 0 atom stereocenters. The second kappa shape index (κ2) is 7.72. The van der Waals surface area contributed by atoms with Crippen LogP contribution in [0.1, 0.15) is 16.0 Å². The van der Waals surface area contributed by atoms with Crippen LogP contribution in [0.15, 0.2) is 41.4 Å². The van der Waals surface area contributed by atoms with Crippen molar-refractivity contribution < 1.29 is 4.39 Å². The third kappa shape index (κ3) is 3.66. The lowest BCUT2D eigenvalue weighted by Crippen LogP contribution is -2.01. The lowest BCUT2D eigenvalue weighted by atomic mass is 10.1. The molecule has 0 aliphatic heterocycles. The van der Waals surface area contributed by atoms with E-state index in [-0.39, 0.29) is 5.82 Å². The van der Waals surface area contributed by atoms with Crippen LogP contribution in [0.25, 0.3) is 11.4 Å². The zero-order valence-electron chi connectivity index (χ0n) is 13.9. The van der Waals surface area contributed by atoms with Gasteiger partial charge in [0, 0.05) is 38.7 Å². The molecule has 0 fully saturated rings. The summed E-state index contributed by atoms with van der Waals surface area (Å²) in [5.41, 5.74) is 2.76. The molecule has 0 amide bonds. The fourth-order valence-electron chi connectivity index (χ4n) is 2.43. The first-order valence-electron chi connectivity index (χ1n) is 7.67. The molecule has 0 saturated carbocycles. The van der Waals surface area contributed by atoms with Gasteiger partial charge in [0.2, 0.25) is 0 Å². The van der Waals surface area contributed by atoms with E-state index in [1.165, 1.54) is 28.3 Å². The molecule has 3 nitrogen and oxygen atoms in total. The Morgan fingerprint density at radius 3 is 2.80 bits per heavy atom. The molecule has 2 aromatic heterocycles. The van der Waals surface area contributed by atoms with Crippen molar-refractivity contribution in [2.75, 3.05) is 0 Å². The minimum Gasteiger partial charge on any atom is -0.298 e. The highest BCUT2D eigenvalue weighted by Crippen LogP contribution is 2.33. The van der Waals surface area contributed by atoms with Crippen molar-refractivity contribution in [1.29, 1.82) is 0 Å². The van der Waals surface area contributed by atoms with Crippen molar-refractivity contribution in [1.82, 2.24) is 14.8 Å². The van der Waals surface area contributed by atoms with E-state index >= 15 is 0 Å². The number of hydrogen-bond acceptors (Lipinski definition) is 4. The van der Waals surface area contributed by atoms with Crippen molar-refractivity contribution >= 4 is 34.7 Å². The molecule has 130 valence electrons. The van der Waals surface area contributed by atoms with E-state index in [4.69, 9.17) is 11.6 Å². The summed E-state index contributed by atoms with van der Waals surface area (Å²) in [6.45, 7) is 8.58. The lowest BCUT2D eigenvalue weighted by molar-refractivity contribution is 0.617. The molecule has 3 aromatic rings. The van der Waals surface area contributed by atoms with Gasteiger partial charge in [0.05, 0.1) is 0 Å². The van der Waals surface area contributed by atoms with Crippen LogP contribution in [0.2, 0.25) is 5.02 Å². The van der Waals surface area contributed by atoms with E-state index in [0.29, 0.717) is 22.9 Å². The normalized spacial score (nSPS) is 11.0. The second-order valence-electron chi connectivity index (χ2n) is 5.52. The lowest BCUT2D eigenvalue weighted by Gasteiger charge is -2.09. The summed E-state index contributed by atoms with van der Waals surface area (Å²) >= 11 is 9.22. The van der Waals surface area contributed by atoms with Gasteiger partial charge in [0.1, 0.15) is 5.82 Å². The third-order valence-electron chi connectivity index (χ3n) is 3.96. The van der Waals surface area contributed by atoms with Gasteiger partial charge in [-0.15, -0.1) is 28.1 Å². The number of benzene rings is 1. The van der Waals surface area contributed by atoms with Gasteiger partial charge in [-0.1, -0.05) is 35.5 Å². The number of thioether (sulfide) groups is 1. The first kappa shape index (κ1) is 18.2. The summed E-state index contributed by atoms with van der Waals surface area (Å²) in [4.78, 5) is 1.26. The molecule has 1 aromatic carbocycles. The topological polar surface area (TPSA) is 30.7 Å². The molecule has 0 saturated heterocycles. The van der Waals surface area contributed by atoms with Crippen molar-refractivity contribution in [3.63, 3.8) is 0 Å². The van der Waals surface area contributed by atoms with Gasteiger partial charge in [0.15, 0.2) is 11.0 Å². The largest absolute Gasteiger partial charge is 0.298 e. The van der Waals surface area contributed by atoms with Gasteiger partial charge in [-0.2, -0.15) is 0 Å². The highest BCUT2D eigenvalue weighted by molar-refractivity contribution is 7.98. The van der Waals surface area contributed by atoms with Crippen LogP contribution in [-0.2, 0) is 12.3 Å². The number of halogens is 2. The molecule has 0 unspecified atom stereocenters. The summed E-state index contributed by atoms with van der Waals surface area (Å²) in [5.74, 6) is 0.894. The molecule has 0 bridgehead atoms. The standard InChI is InChI=1S/C18H17ClFN3S2/c1-4-8-23-17(13-9-24-12(3)11(13)2)21-22-18(23)25-10-14-15(19)6-5-7-16(14)20/h4-7,9H,1,8,10H2,2-3H3. The van der Waals surface area contributed by atoms with Gasteiger partial charge in [0.25, 0.3) is 0 Å². The Hall–Kier alpha value is -1.63. The van der Waals surface area contributed by atoms with E-state index in [9.17, 15) is 4.39 Å². The Morgan fingerprint density at radius 1 is 1.36 bits per heavy atom. The van der Waals surface area contributed by atoms with Crippen molar-refractivity contribution in [3.05, 3.63) is 63.1 Å². The first-order valence-corrected chi connectivity index (χ1v) is 9.92. The van der Waals surface area contributed by atoms with E-state index in [1.807, 2.05) is 10.6 Å². The molecule has 2 heterocycles. The average Bonchev–Trinajstić information content (AvgIpc) is 3.12. The zero-order chi connectivity index (χ0) is 18.0. The summed E-state index contributed by atoms with van der Waals surface area (Å²) in [6.07, 6.45) is 1.81. The Balaban J connectivity index is 1.92. The van der Waals surface area contributed by atoms with E-state index in [1.54, 1.807) is 23.5 Å². The number of aryl methyl sites for hydroxylation is 1. The zero-order valence-corrected chi connectivity index (χ0v) is 16.3. The predicted octanol–water partition coefficient (Wildman–Crippen LogP) is 5.89. The van der Waals surface area contributed by atoms with Gasteiger partial charge >= 0.3 is 0 Å². The molecule has 0 radical (unpaired) electrons. The van der Waals surface area contributed by atoms with Gasteiger partial charge in [-0.25, -0.2) is 4.39 Å². The van der Waals surface area contributed by atoms with Crippen LogP contribution < -0.4 is 0 Å². The van der Waals surface area contributed by atoms with Crippen LogP contribution in [0, 0.1) is 19.7 Å². The second-order valence-corrected chi connectivity index (χ2v) is 7.96. The number of nitrogens with zero attached hydrogens (tertiary/aromatic N) is 3. The fourth-order valence-corrected chi connectivity index (χ4v) is 4.58. The Bertz CT molecular complexity index is 897. The number of allylic oxidation sites excluding steroid dienone is 1. The molecule has 3 rings (SSSR count). The van der Waals surface area contributed by atoms with Crippen LogP contribution >= 0.6 is 34.7 Å². The summed E-state index contributed by atoms with van der Waals surface area (Å²) < 4.78 is 16.0. The van der Waals surface area contributed by atoms with E-state index in [2.05, 4.69) is 36.0 Å². The van der Waals surface area contributed by atoms with Crippen LogP contribution in [0.3, 0.4) is 0 Å². The molecular weight excluding hydrogens is 377 g/mol. The maximum absolute atomic E-state index is 14.0. The predicted molar refractivity (Wildman–Crippen MR) is 104 cm³/mol. The third-order valence-corrected chi connectivity index (χ3v) is 6.32. The molecule has 0 aliphatic rings. The maximum atomic E-state index is 14.0. The van der Waals surface area contributed by atoms with E-state index < -0.39 is 0 Å².